The quantitative estimate of drug-likeness (QED) is 0.741. The summed E-state index contributed by atoms with van der Waals surface area (Å²) < 4.78 is 5.53. The Kier molecular flexibility index (Phi) is 2.97. The molecule has 12 heavy (non-hydrogen) atoms. The topological polar surface area (TPSA) is 21.3 Å². The van der Waals surface area contributed by atoms with Crippen LogP contribution < -0.4 is 10.1 Å². The molecule has 0 aliphatic heterocycles. The zero-order valence-electron chi connectivity index (χ0n) is 7.50. The fraction of sp³-hybridized carbons (Fsp3) is 0.300. The van der Waals surface area contributed by atoms with Gasteiger partial charge < -0.3 is 10.1 Å². The van der Waals surface area contributed by atoms with Crippen LogP contribution in [0.3, 0.4) is 0 Å². The molecule has 0 aromatic heterocycles. The number of ether oxygens (including phenoxy) is 1. The lowest BCUT2D eigenvalue weighted by atomic mass is 10.3. The van der Waals surface area contributed by atoms with E-state index < -0.39 is 0 Å². The summed E-state index contributed by atoms with van der Waals surface area (Å²) in [4.78, 5) is 0. The zero-order chi connectivity index (χ0) is 8.97. The standard InChI is InChI=1S/C10H14NO/c1-8(2)12-10-7-5-4-6-9(10)11-3/h4-8,11H,3H2,1-2H3. The minimum Gasteiger partial charge on any atom is -0.489 e. The molecule has 1 radical (unpaired) electrons. The zero-order valence-corrected chi connectivity index (χ0v) is 7.50. The second-order valence-corrected chi connectivity index (χ2v) is 2.84. The summed E-state index contributed by atoms with van der Waals surface area (Å²) in [5.41, 5.74) is 0.922. The molecule has 0 aliphatic rings. The molecule has 1 rings (SSSR count). The smallest absolute Gasteiger partial charge is 0.142 e. The lowest BCUT2D eigenvalue weighted by molar-refractivity contribution is 0.244. The van der Waals surface area contributed by atoms with Gasteiger partial charge in [-0.1, -0.05) is 12.1 Å². The van der Waals surface area contributed by atoms with E-state index in [0.29, 0.717) is 0 Å². The van der Waals surface area contributed by atoms with Gasteiger partial charge >= 0.3 is 0 Å². The van der Waals surface area contributed by atoms with E-state index in [0.717, 1.165) is 11.4 Å². The van der Waals surface area contributed by atoms with Crippen LogP contribution in [0, 0.1) is 7.05 Å². The molecule has 0 amide bonds. The molecular weight excluding hydrogens is 150 g/mol. The predicted octanol–water partition coefficient (Wildman–Crippen LogP) is 2.68. The molecule has 65 valence electrons. The lowest BCUT2D eigenvalue weighted by Gasteiger charge is -2.13. The van der Waals surface area contributed by atoms with E-state index in [2.05, 4.69) is 12.4 Å². The maximum Gasteiger partial charge on any atom is 0.142 e. The van der Waals surface area contributed by atoms with Gasteiger partial charge in [0.1, 0.15) is 5.75 Å². The highest BCUT2D eigenvalue weighted by atomic mass is 16.5. The number of benzene rings is 1. The Hall–Kier alpha value is -1.18. The van der Waals surface area contributed by atoms with Crippen molar-refractivity contribution in [1.29, 1.82) is 0 Å². The molecule has 0 heterocycles. The molecule has 1 N–H and O–H groups in total. The molecule has 0 atom stereocenters. The van der Waals surface area contributed by atoms with Crippen LogP contribution >= 0.6 is 0 Å². The molecule has 2 heteroatoms. The molecule has 0 saturated carbocycles. The summed E-state index contributed by atoms with van der Waals surface area (Å²) in [7, 11) is 3.59. The maximum atomic E-state index is 5.53. The van der Waals surface area contributed by atoms with Crippen LogP contribution in [0.5, 0.6) is 5.75 Å². The Labute approximate surface area is 73.6 Å². The van der Waals surface area contributed by atoms with Crippen molar-refractivity contribution in [2.75, 3.05) is 5.32 Å². The highest BCUT2D eigenvalue weighted by Gasteiger charge is 2.01. The SMILES string of the molecule is [CH2]Nc1ccccc1OC(C)C. The van der Waals surface area contributed by atoms with Crippen LogP contribution in [-0.4, -0.2) is 6.10 Å². The van der Waals surface area contributed by atoms with Gasteiger partial charge in [0.05, 0.1) is 11.8 Å². The minimum absolute atomic E-state index is 0.194. The van der Waals surface area contributed by atoms with Crippen molar-refractivity contribution >= 4 is 5.69 Å². The second kappa shape index (κ2) is 4.00. The summed E-state index contributed by atoms with van der Waals surface area (Å²) >= 11 is 0. The van der Waals surface area contributed by atoms with Crippen LogP contribution in [0.1, 0.15) is 13.8 Å². The molecule has 0 fully saturated rings. The second-order valence-electron chi connectivity index (χ2n) is 2.84. The summed E-state index contributed by atoms with van der Waals surface area (Å²) in [5, 5.41) is 2.83. The molecule has 0 aliphatic carbocycles. The number of hydrogen-bond donors (Lipinski definition) is 1. The van der Waals surface area contributed by atoms with E-state index >= 15 is 0 Å². The fourth-order valence-corrected chi connectivity index (χ4v) is 0.969. The van der Waals surface area contributed by atoms with Gasteiger partial charge in [0, 0.05) is 7.05 Å². The van der Waals surface area contributed by atoms with E-state index in [1.54, 1.807) is 0 Å². The third-order valence-corrected chi connectivity index (χ3v) is 1.44. The van der Waals surface area contributed by atoms with Gasteiger partial charge in [-0.3, -0.25) is 0 Å². The van der Waals surface area contributed by atoms with Gasteiger partial charge in [-0.2, -0.15) is 0 Å². The number of nitrogens with one attached hydrogen (secondary N) is 1. The first-order chi connectivity index (χ1) is 5.74. The van der Waals surface area contributed by atoms with Gasteiger partial charge in [-0.25, -0.2) is 0 Å². The average molecular weight is 164 g/mol. The third-order valence-electron chi connectivity index (χ3n) is 1.44. The van der Waals surface area contributed by atoms with Crippen molar-refractivity contribution in [3.63, 3.8) is 0 Å². The lowest BCUT2D eigenvalue weighted by Crippen LogP contribution is -2.06. The Morgan fingerprint density at radius 1 is 1.33 bits per heavy atom. The van der Waals surface area contributed by atoms with E-state index in [-0.39, 0.29) is 6.10 Å². The van der Waals surface area contributed by atoms with Gasteiger partial charge in [-0.15, -0.1) is 0 Å². The number of anilines is 1. The van der Waals surface area contributed by atoms with E-state index in [1.165, 1.54) is 0 Å². The molecule has 0 unspecified atom stereocenters. The largest absolute Gasteiger partial charge is 0.489 e. The monoisotopic (exact) mass is 164 g/mol. The van der Waals surface area contributed by atoms with E-state index in [1.807, 2.05) is 38.1 Å². The Bertz CT molecular complexity index is 245. The molecule has 0 spiro atoms. The van der Waals surface area contributed by atoms with Crippen molar-refractivity contribution < 1.29 is 4.74 Å². The number of para-hydroxylation sites is 2. The highest BCUT2D eigenvalue weighted by Crippen LogP contribution is 2.23. The minimum atomic E-state index is 0.194. The first-order valence-electron chi connectivity index (χ1n) is 4.03. The van der Waals surface area contributed by atoms with Gasteiger partial charge in [0.25, 0.3) is 0 Å². The van der Waals surface area contributed by atoms with Gasteiger partial charge in [-0.05, 0) is 26.0 Å². The number of rotatable bonds is 3. The van der Waals surface area contributed by atoms with Gasteiger partial charge in [0.15, 0.2) is 0 Å². The van der Waals surface area contributed by atoms with Crippen LogP contribution in [0.15, 0.2) is 24.3 Å². The van der Waals surface area contributed by atoms with Gasteiger partial charge in [0.2, 0.25) is 0 Å². The maximum absolute atomic E-state index is 5.53. The average Bonchev–Trinajstić information content (AvgIpc) is 2.04. The number of hydrogen-bond acceptors (Lipinski definition) is 2. The Balaban J connectivity index is 2.82. The first-order valence-corrected chi connectivity index (χ1v) is 4.03. The molecule has 2 nitrogen and oxygen atoms in total. The van der Waals surface area contributed by atoms with Crippen molar-refractivity contribution in [3.8, 4) is 5.75 Å². The molecule has 1 aromatic carbocycles. The van der Waals surface area contributed by atoms with Crippen molar-refractivity contribution in [1.82, 2.24) is 0 Å². The Morgan fingerprint density at radius 3 is 2.58 bits per heavy atom. The van der Waals surface area contributed by atoms with Crippen molar-refractivity contribution in [2.24, 2.45) is 0 Å². The van der Waals surface area contributed by atoms with Crippen molar-refractivity contribution in [3.05, 3.63) is 31.3 Å². The molecule has 0 bridgehead atoms. The summed E-state index contributed by atoms with van der Waals surface area (Å²) in [6.45, 7) is 4.00. The molecule has 0 saturated heterocycles. The third kappa shape index (κ3) is 2.16. The normalized spacial score (nSPS) is 10.0. The van der Waals surface area contributed by atoms with Crippen LogP contribution in [0.2, 0.25) is 0 Å². The van der Waals surface area contributed by atoms with Crippen LogP contribution in [0.25, 0.3) is 0 Å². The molecular formula is C10H14NO. The van der Waals surface area contributed by atoms with Crippen LogP contribution in [-0.2, 0) is 0 Å². The molecule has 1 aromatic rings. The predicted molar refractivity (Wildman–Crippen MR) is 51.2 cm³/mol. The summed E-state index contributed by atoms with van der Waals surface area (Å²) in [6.07, 6.45) is 0.194. The first kappa shape index (κ1) is 8.91. The summed E-state index contributed by atoms with van der Waals surface area (Å²) in [6, 6.07) is 7.75. The van der Waals surface area contributed by atoms with E-state index in [4.69, 9.17) is 4.74 Å². The van der Waals surface area contributed by atoms with Crippen molar-refractivity contribution in [2.45, 2.75) is 20.0 Å². The highest BCUT2D eigenvalue weighted by molar-refractivity contribution is 5.56. The van der Waals surface area contributed by atoms with E-state index in [9.17, 15) is 0 Å². The Morgan fingerprint density at radius 2 is 2.00 bits per heavy atom. The summed E-state index contributed by atoms with van der Waals surface area (Å²) in [5.74, 6) is 0.850. The van der Waals surface area contributed by atoms with Crippen LogP contribution in [0.4, 0.5) is 5.69 Å². The fourth-order valence-electron chi connectivity index (χ4n) is 0.969.